The second kappa shape index (κ2) is 8.15. The fourth-order valence-corrected chi connectivity index (χ4v) is 5.80. The number of carbonyl (C=O) groups is 1. The Balaban J connectivity index is 1.37. The SMILES string of the molecule is Cc1cc(C)n(-c2ccccc2NC(=O)C2CCCN(C3=NS(=O)(=O)c4ccccc43)C2)n1. The minimum absolute atomic E-state index is 0.0941. The summed E-state index contributed by atoms with van der Waals surface area (Å²) in [5.41, 5.74) is 4.00. The van der Waals surface area contributed by atoms with E-state index in [1.165, 1.54) is 0 Å². The Hall–Kier alpha value is -3.46. The monoisotopic (exact) mass is 463 g/mol. The largest absolute Gasteiger partial charge is 0.355 e. The first-order chi connectivity index (χ1) is 15.8. The van der Waals surface area contributed by atoms with E-state index >= 15 is 0 Å². The molecule has 1 amide bonds. The molecule has 3 heterocycles. The lowest BCUT2D eigenvalue weighted by Gasteiger charge is -2.33. The summed E-state index contributed by atoms with van der Waals surface area (Å²) >= 11 is 0. The van der Waals surface area contributed by atoms with Gasteiger partial charge in [-0.25, -0.2) is 4.68 Å². The first-order valence-electron chi connectivity index (χ1n) is 11.0. The van der Waals surface area contributed by atoms with Gasteiger partial charge in [-0.15, -0.1) is 4.40 Å². The molecule has 1 N–H and O–H groups in total. The molecule has 1 saturated heterocycles. The fourth-order valence-electron chi connectivity index (χ4n) is 4.57. The zero-order chi connectivity index (χ0) is 23.2. The molecule has 170 valence electrons. The molecule has 1 fully saturated rings. The molecule has 0 aliphatic carbocycles. The molecule has 0 saturated carbocycles. The number of hydrogen-bond donors (Lipinski definition) is 1. The Morgan fingerprint density at radius 2 is 1.85 bits per heavy atom. The predicted octanol–water partition coefficient (Wildman–Crippen LogP) is 3.29. The first-order valence-corrected chi connectivity index (χ1v) is 12.4. The number of rotatable bonds is 3. The van der Waals surface area contributed by atoms with Gasteiger partial charge >= 0.3 is 0 Å². The Morgan fingerprint density at radius 1 is 1.09 bits per heavy atom. The molecule has 1 aromatic heterocycles. The summed E-state index contributed by atoms with van der Waals surface area (Å²) in [6, 6.07) is 16.4. The zero-order valence-electron chi connectivity index (χ0n) is 18.5. The minimum atomic E-state index is -3.69. The number of piperidine rings is 1. The van der Waals surface area contributed by atoms with E-state index in [0.29, 0.717) is 30.2 Å². The Labute approximate surface area is 193 Å². The van der Waals surface area contributed by atoms with E-state index in [1.54, 1.807) is 24.3 Å². The van der Waals surface area contributed by atoms with Crippen LogP contribution in [-0.2, 0) is 14.8 Å². The number of carbonyl (C=O) groups excluding carboxylic acids is 1. The summed E-state index contributed by atoms with van der Waals surface area (Å²) in [4.78, 5) is 15.4. The lowest BCUT2D eigenvalue weighted by Crippen LogP contribution is -2.43. The number of aryl methyl sites for hydroxylation is 2. The molecule has 5 rings (SSSR count). The number of para-hydroxylation sites is 2. The molecule has 1 atom stereocenters. The van der Waals surface area contributed by atoms with E-state index in [4.69, 9.17) is 0 Å². The molecular weight excluding hydrogens is 438 g/mol. The van der Waals surface area contributed by atoms with Crippen molar-refractivity contribution >= 4 is 27.5 Å². The third kappa shape index (κ3) is 3.93. The topological polar surface area (TPSA) is 96.7 Å². The normalized spacial score (nSPS) is 19.2. The number of sulfonamides is 1. The minimum Gasteiger partial charge on any atom is -0.355 e. The highest BCUT2D eigenvalue weighted by Crippen LogP contribution is 2.30. The number of likely N-dealkylation sites (tertiary alicyclic amines) is 1. The number of anilines is 1. The molecule has 0 bridgehead atoms. The Bertz CT molecular complexity index is 1380. The third-order valence-corrected chi connectivity index (χ3v) is 7.43. The van der Waals surface area contributed by atoms with Gasteiger partial charge in [0.2, 0.25) is 5.91 Å². The van der Waals surface area contributed by atoms with Gasteiger partial charge in [0.05, 0.1) is 23.0 Å². The van der Waals surface area contributed by atoms with Crippen LogP contribution in [0.2, 0.25) is 0 Å². The van der Waals surface area contributed by atoms with E-state index in [0.717, 1.165) is 29.9 Å². The van der Waals surface area contributed by atoms with Crippen molar-refractivity contribution in [2.24, 2.45) is 10.3 Å². The molecule has 0 radical (unpaired) electrons. The lowest BCUT2D eigenvalue weighted by molar-refractivity contribution is -0.121. The first kappa shape index (κ1) is 21.4. The summed E-state index contributed by atoms with van der Waals surface area (Å²) in [5.74, 6) is 0.0555. The molecule has 2 aliphatic rings. The van der Waals surface area contributed by atoms with Crippen LogP contribution in [0.15, 0.2) is 63.9 Å². The van der Waals surface area contributed by atoms with Crippen LogP contribution in [0.4, 0.5) is 5.69 Å². The predicted molar refractivity (Wildman–Crippen MR) is 126 cm³/mol. The molecular formula is C24H25N5O3S. The van der Waals surface area contributed by atoms with Crippen molar-refractivity contribution in [1.29, 1.82) is 0 Å². The number of aromatic nitrogens is 2. The number of amidine groups is 1. The maximum atomic E-state index is 13.2. The Kier molecular flexibility index (Phi) is 5.28. The van der Waals surface area contributed by atoms with Gasteiger partial charge in [0.25, 0.3) is 10.0 Å². The van der Waals surface area contributed by atoms with Crippen LogP contribution in [0.25, 0.3) is 5.69 Å². The number of nitrogens with zero attached hydrogens (tertiary/aromatic N) is 4. The molecule has 2 aliphatic heterocycles. The summed E-state index contributed by atoms with van der Waals surface area (Å²) < 4.78 is 30.8. The van der Waals surface area contributed by atoms with E-state index in [-0.39, 0.29) is 16.7 Å². The molecule has 0 spiro atoms. The quantitative estimate of drug-likeness (QED) is 0.643. The number of hydrogen-bond acceptors (Lipinski definition) is 5. The number of fused-ring (bicyclic) bond motifs is 1. The third-order valence-electron chi connectivity index (χ3n) is 6.10. The van der Waals surface area contributed by atoms with Gasteiger partial charge < -0.3 is 10.2 Å². The van der Waals surface area contributed by atoms with E-state index < -0.39 is 10.0 Å². The van der Waals surface area contributed by atoms with Gasteiger partial charge in [0.1, 0.15) is 4.90 Å². The van der Waals surface area contributed by atoms with Crippen LogP contribution in [0.1, 0.15) is 29.8 Å². The van der Waals surface area contributed by atoms with Crippen molar-refractivity contribution in [3.63, 3.8) is 0 Å². The lowest BCUT2D eigenvalue weighted by atomic mass is 9.96. The van der Waals surface area contributed by atoms with Crippen LogP contribution in [-0.4, -0.2) is 47.9 Å². The number of benzene rings is 2. The molecule has 8 nitrogen and oxygen atoms in total. The van der Waals surface area contributed by atoms with E-state index in [9.17, 15) is 13.2 Å². The average molecular weight is 464 g/mol. The highest BCUT2D eigenvalue weighted by Gasteiger charge is 2.35. The van der Waals surface area contributed by atoms with Gasteiger partial charge in [-0.2, -0.15) is 13.5 Å². The van der Waals surface area contributed by atoms with Crippen LogP contribution in [0.5, 0.6) is 0 Å². The van der Waals surface area contributed by atoms with E-state index in [1.807, 2.05) is 53.8 Å². The smallest absolute Gasteiger partial charge is 0.285 e. The van der Waals surface area contributed by atoms with Crippen LogP contribution >= 0.6 is 0 Å². The van der Waals surface area contributed by atoms with Gasteiger partial charge in [0.15, 0.2) is 5.84 Å². The van der Waals surface area contributed by atoms with Crippen molar-refractivity contribution in [3.8, 4) is 5.69 Å². The number of nitrogens with one attached hydrogen (secondary N) is 1. The highest BCUT2D eigenvalue weighted by molar-refractivity contribution is 7.90. The highest BCUT2D eigenvalue weighted by atomic mass is 32.2. The van der Waals surface area contributed by atoms with Crippen LogP contribution in [0.3, 0.4) is 0 Å². The van der Waals surface area contributed by atoms with Crippen molar-refractivity contribution in [2.75, 3.05) is 18.4 Å². The Morgan fingerprint density at radius 3 is 2.64 bits per heavy atom. The van der Waals surface area contributed by atoms with Crippen molar-refractivity contribution < 1.29 is 13.2 Å². The maximum Gasteiger partial charge on any atom is 0.285 e. The molecule has 33 heavy (non-hydrogen) atoms. The summed E-state index contributed by atoms with van der Waals surface area (Å²) in [6.45, 7) is 4.99. The maximum absolute atomic E-state index is 13.2. The average Bonchev–Trinajstić information content (AvgIpc) is 3.29. The van der Waals surface area contributed by atoms with Crippen molar-refractivity contribution in [2.45, 2.75) is 31.6 Å². The van der Waals surface area contributed by atoms with Gasteiger partial charge in [-0.3, -0.25) is 4.79 Å². The van der Waals surface area contributed by atoms with Crippen molar-refractivity contribution in [3.05, 3.63) is 71.5 Å². The molecule has 9 heteroatoms. The summed E-state index contributed by atoms with van der Waals surface area (Å²) in [7, 11) is -3.69. The standard InChI is InChI=1S/C24H25N5O3S/c1-16-14-17(2)29(26-16)21-11-5-4-10-20(21)25-24(30)18-8-7-13-28(15-18)23-19-9-3-6-12-22(19)33(31,32)27-23/h3-6,9-12,14,18H,7-8,13,15H2,1-2H3,(H,25,30). The van der Waals surface area contributed by atoms with Gasteiger partial charge in [-0.1, -0.05) is 24.3 Å². The molecule has 1 unspecified atom stereocenters. The van der Waals surface area contributed by atoms with Crippen LogP contribution in [0, 0.1) is 19.8 Å². The number of amides is 1. The fraction of sp³-hybridized carbons (Fsp3) is 0.292. The second-order valence-electron chi connectivity index (χ2n) is 8.52. The molecule has 2 aromatic carbocycles. The second-order valence-corrected chi connectivity index (χ2v) is 10.1. The van der Waals surface area contributed by atoms with E-state index in [2.05, 4.69) is 14.8 Å². The zero-order valence-corrected chi connectivity index (χ0v) is 19.3. The van der Waals surface area contributed by atoms with Crippen LogP contribution < -0.4 is 5.32 Å². The summed E-state index contributed by atoms with van der Waals surface area (Å²) in [5, 5.41) is 7.62. The van der Waals surface area contributed by atoms with Gasteiger partial charge in [0, 0.05) is 24.3 Å². The summed E-state index contributed by atoms with van der Waals surface area (Å²) in [6.07, 6.45) is 1.50. The van der Waals surface area contributed by atoms with Crippen molar-refractivity contribution in [1.82, 2.24) is 14.7 Å². The van der Waals surface area contributed by atoms with Gasteiger partial charge in [-0.05, 0) is 57.0 Å². The molecule has 3 aromatic rings.